The molecule has 0 unspecified atom stereocenters. The van der Waals surface area contributed by atoms with Crippen LogP contribution in [0.25, 0.3) is 0 Å². The van der Waals surface area contributed by atoms with Crippen molar-refractivity contribution in [3.05, 3.63) is 0 Å². The number of hydrogen-bond acceptors (Lipinski definition) is 2. The molecule has 0 aromatic rings. The lowest BCUT2D eigenvalue weighted by molar-refractivity contribution is -0.130. The minimum atomic E-state index is -0.132. The first-order valence-electron chi connectivity index (χ1n) is 12.2. The summed E-state index contributed by atoms with van der Waals surface area (Å²) in [6.45, 7) is 25.0. The van der Waals surface area contributed by atoms with E-state index in [2.05, 4.69) is 55.4 Å². The molecule has 1 saturated carbocycles. The minimum Gasteiger partial charge on any atom is -0.299 e. The van der Waals surface area contributed by atoms with E-state index in [0.717, 1.165) is 19.3 Å². The second-order valence-electron chi connectivity index (χ2n) is 11.6. The highest BCUT2D eigenvalue weighted by Gasteiger charge is 2.34. The number of ketones is 2. The van der Waals surface area contributed by atoms with Gasteiger partial charge in [0.1, 0.15) is 11.6 Å². The molecule has 0 saturated heterocycles. The molecule has 0 aromatic heterocycles. The van der Waals surface area contributed by atoms with E-state index in [1.807, 2.05) is 27.7 Å². The molecule has 29 heavy (non-hydrogen) atoms. The maximum Gasteiger partial charge on any atom is 0.139 e. The van der Waals surface area contributed by atoms with Gasteiger partial charge in [-0.25, -0.2) is 0 Å². The molecule has 174 valence electrons. The standard InChI is InChI=1S/C14H26O.C11H22O.C2H6/c1-5-13(2,3)12(15)11-14(4)9-7-6-8-10-14;1-7-11(5,6)9(12)8-10(2,3)4;1-2/h5-11H2,1-4H3;7-8H2,1-6H3;1-2H3. The van der Waals surface area contributed by atoms with E-state index in [9.17, 15) is 9.59 Å². The smallest absolute Gasteiger partial charge is 0.139 e. The third-order valence-electron chi connectivity index (χ3n) is 6.62. The normalized spacial score (nSPS) is 16.7. The van der Waals surface area contributed by atoms with E-state index < -0.39 is 0 Å². The SMILES string of the molecule is CC.CCC(C)(C)C(=O)CC(C)(C)C.CCC(C)(C)C(=O)CC1(C)CCCCC1. The van der Waals surface area contributed by atoms with Gasteiger partial charge in [-0.1, -0.05) is 102 Å². The van der Waals surface area contributed by atoms with Crippen LogP contribution in [0, 0.1) is 21.7 Å². The van der Waals surface area contributed by atoms with Crippen LogP contribution in [0.15, 0.2) is 0 Å². The quantitative estimate of drug-likeness (QED) is 0.420. The average Bonchev–Trinajstić information content (AvgIpc) is 2.62. The number of carbonyl (C=O) groups excluding carboxylic acids is 2. The van der Waals surface area contributed by atoms with Crippen molar-refractivity contribution in [1.29, 1.82) is 0 Å². The third-order valence-corrected chi connectivity index (χ3v) is 6.62. The summed E-state index contributed by atoms with van der Waals surface area (Å²) in [5, 5.41) is 0. The Bertz CT molecular complexity index is 471. The summed E-state index contributed by atoms with van der Waals surface area (Å²) in [5.74, 6) is 0.854. The average molecular weight is 411 g/mol. The van der Waals surface area contributed by atoms with Crippen molar-refractivity contribution in [3.63, 3.8) is 0 Å². The highest BCUT2D eigenvalue weighted by Crippen LogP contribution is 2.41. The Hall–Kier alpha value is -0.660. The number of rotatable bonds is 7. The molecule has 1 aliphatic carbocycles. The number of carbonyl (C=O) groups is 2. The van der Waals surface area contributed by atoms with Crippen LogP contribution in [-0.4, -0.2) is 11.6 Å². The second kappa shape index (κ2) is 12.9. The molecular weight excluding hydrogens is 356 g/mol. The summed E-state index contributed by atoms with van der Waals surface area (Å²) >= 11 is 0. The van der Waals surface area contributed by atoms with Gasteiger partial charge in [0, 0.05) is 23.7 Å². The Balaban J connectivity index is 0. The maximum atomic E-state index is 12.2. The molecule has 1 rings (SSSR count). The van der Waals surface area contributed by atoms with Crippen molar-refractivity contribution in [2.24, 2.45) is 21.7 Å². The van der Waals surface area contributed by atoms with E-state index in [1.54, 1.807) is 0 Å². The van der Waals surface area contributed by atoms with E-state index in [1.165, 1.54) is 32.1 Å². The molecule has 0 amide bonds. The lowest BCUT2D eigenvalue weighted by atomic mass is 9.69. The summed E-state index contributed by atoms with van der Waals surface area (Å²) in [4.78, 5) is 23.9. The Kier molecular flexibility index (Phi) is 13.6. The molecule has 2 nitrogen and oxygen atoms in total. The molecule has 0 aliphatic heterocycles. The Morgan fingerprint density at radius 2 is 1.10 bits per heavy atom. The molecule has 0 atom stereocenters. The highest BCUT2D eigenvalue weighted by molar-refractivity contribution is 5.85. The predicted octanol–water partition coefficient (Wildman–Crippen LogP) is 8.81. The van der Waals surface area contributed by atoms with Crippen molar-refractivity contribution in [3.8, 4) is 0 Å². The van der Waals surface area contributed by atoms with Crippen LogP contribution in [-0.2, 0) is 9.59 Å². The van der Waals surface area contributed by atoms with Crippen molar-refractivity contribution in [2.45, 2.75) is 141 Å². The lowest BCUT2D eigenvalue weighted by Crippen LogP contribution is -2.31. The van der Waals surface area contributed by atoms with E-state index in [4.69, 9.17) is 0 Å². The molecule has 0 spiro atoms. The Morgan fingerprint density at radius 3 is 1.45 bits per heavy atom. The zero-order valence-corrected chi connectivity index (χ0v) is 22.2. The van der Waals surface area contributed by atoms with Gasteiger partial charge in [-0.2, -0.15) is 0 Å². The van der Waals surface area contributed by atoms with Gasteiger partial charge in [0.05, 0.1) is 0 Å². The van der Waals surface area contributed by atoms with Gasteiger partial charge in [0.2, 0.25) is 0 Å². The fourth-order valence-corrected chi connectivity index (χ4v) is 3.32. The first-order valence-corrected chi connectivity index (χ1v) is 12.2. The van der Waals surface area contributed by atoms with Crippen molar-refractivity contribution >= 4 is 11.6 Å². The molecule has 1 fully saturated rings. The zero-order valence-electron chi connectivity index (χ0n) is 22.2. The largest absolute Gasteiger partial charge is 0.299 e. The molecular formula is C27H54O2. The van der Waals surface area contributed by atoms with Gasteiger partial charge < -0.3 is 0 Å². The van der Waals surface area contributed by atoms with Crippen LogP contribution >= 0.6 is 0 Å². The molecule has 0 aromatic carbocycles. The van der Waals surface area contributed by atoms with Crippen LogP contribution in [0.5, 0.6) is 0 Å². The van der Waals surface area contributed by atoms with Crippen molar-refractivity contribution < 1.29 is 9.59 Å². The van der Waals surface area contributed by atoms with Crippen LogP contribution in [0.4, 0.5) is 0 Å². The van der Waals surface area contributed by atoms with Crippen LogP contribution in [0.1, 0.15) is 141 Å². The van der Waals surface area contributed by atoms with Gasteiger partial charge in [0.15, 0.2) is 0 Å². The van der Waals surface area contributed by atoms with Crippen molar-refractivity contribution in [1.82, 2.24) is 0 Å². The van der Waals surface area contributed by atoms with E-state index in [-0.39, 0.29) is 16.2 Å². The summed E-state index contributed by atoms with van der Waals surface area (Å²) in [7, 11) is 0. The van der Waals surface area contributed by atoms with Gasteiger partial charge in [0.25, 0.3) is 0 Å². The molecule has 0 N–H and O–H groups in total. The highest BCUT2D eigenvalue weighted by atomic mass is 16.1. The zero-order chi connectivity index (χ0) is 23.5. The molecule has 1 aliphatic rings. The summed E-state index contributed by atoms with van der Waals surface area (Å²) in [6.07, 6.45) is 9.87. The molecule has 0 radical (unpaired) electrons. The maximum absolute atomic E-state index is 12.2. The summed E-state index contributed by atoms with van der Waals surface area (Å²) in [5.41, 5.74) is 0.193. The topological polar surface area (TPSA) is 34.1 Å². The Morgan fingerprint density at radius 1 is 0.724 bits per heavy atom. The Labute approximate surface area is 184 Å². The number of hydrogen-bond donors (Lipinski definition) is 0. The lowest BCUT2D eigenvalue weighted by Gasteiger charge is -2.35. The van der Waals surface area contributed by atoms with Crippen LogP contribution < -0.4 is 0 Å². The summed E-state index contributed by atoms with van der Waals surface area (Å²) in [6, 6.07) is 0. The van der Waals surface area contributed by atoms with E-state index >= 15 is 0 Å². The van der Waals surface area contributed by atoms with Gasteiger partial charge >= 0.3 is 0 Å². The first-order chi connectivity index (χ1) is 13.1. The predicted molar refractivity (Wildman–Crippen MR) is 129 cm³/mol. The van der Waals surface area contributed by atoms with Crippen LogP contribution in [0.2, 0.25) is 0 Å². The second-order valence-corrected chi connectivity index (χ2v) is 11.6. The molecule has 2 heteroatoms. The van der Waals surface area contributed by atoms with E-state index in [0.29, 0.717) is 23.4 Å². The fraction of sp³-hybridized carbons (Fsp3) is 0.926. The fourth-order valence-electron chi connectivity index (χ4n) is 3.32. The van der Waals surface area contributed by atoms with Gasteiger partial charge in [-0.15, -0.1) is 0 Å². The molecule has 0 heterocycles. The third kappa shape index (κ3) is 12.6. The van der Waals surface area contributed by atoms with Crippen LogP contribution in [0.3, 0.4) is 0 Å². The monoisotopic (exact) mass is 410 g/mol. The van der Waals surface area contributed by atoms with Gasteiger partial charge in [-0.05, 0) is 36.5 Å². The minimum absolute atomic E-state index is 0.111. The van der Waals surface area contributed by atoms with Crippen molar-refractivity contribution in [2.75, 3.05) is 0 Å². The number of Topliss-reactive ketones (excluding diaryl/α,β-unsaturated/α-hetero) is 2. The summed E-state index contributed by atoms with van der Waals surface area (Å²) < 4.78 is 0. The molecule has 0 bridgehead atoms. The van der Waals surface area contributed by atoms with Gasteiger partial charge in [-0.3, -0.25) is 9.59 Å². The first kappa shape index (κ1) is 30.5.